The number of benzene rings is 2. The Morgan fingerprint density at radius 3 is 2.32 bits per heavy atom. The van der Waals surface area contributed by atoms with Crippen molar-refractivity contribution in [2.24, 2.45) is 0 Å². The summed E-state index contributed by atoms with van der Waals surface area (Å²) < 4.78 is 49.9. The highest BCUT2D eigenvalue weighted by atomic mass is 19.4. The topological polar surface area (TPSA) is 68.1 Å². The van der Waals surface area contributed by atoms with E-state index in [0.29, 0.717) is 17.3 Å². The molecule has 5 nitrogen and oxygen atoms in total. The van der Waals surface area contributed by atoms with E-state index in [0.717, 1.165) is 17.4 Å². The summed E-state index contributed by atoms with van der Waals surface area (Å²) in [6.45, 7) is 0. The first kappa shape index (κ1) is 20.2. The molecule has 4 rings (SSSR count). The number of halogens is 3. The molecule has 1 N–H and O–H groups in total. The number of aromatic nitrogens is 2. The molecule has 0 atom stereocenters. The zero-order chi connectivity index (χ0) is 21.8. The molecule has 4 aromatic rings. The molecule has 0 bridgehead atoms. The fourth-order valence-corrected chi connectivity index (χ4v) is 2.79. The van der Waals surface area contributed by atoms with Gasteiger partial charge in [0.1, 0.15) is 28.7 Å². The number of H-pyrrole nitrogens is 1. The van der Waals surface area contributed by atoms with Crippen LogP contribution in [0.5, 0.6) is 11.5 Å². The van der Waals surface area contributed by atoms with Gasteiger partial charge in [-0.05, 0) is 66.7 Å². The lowest BCUT2D eigenvalue weighted by Crippen LogP contribution is -2.19. The second-order valence-corrected chi connectivity index (χ2v) is 6.50. The quantitative estimate of drug-likeness (QED) is 0.426. The Bertz CT molecular complexity index is 1260. The zero-order valence-electron chi connectivity index (χ0n) is 15.9. The van der Waals surface area contributed by atoms with Crippen molar-refractivity contribution < 1.29 is 22.3 Å². The molecule has 0 unspecified atom stereocenters. The number of hydrogen-bond acceptors (Lipinski definition) is 4. The average molecular weight is 424 g/mol. The zero-order valence-corrected chi connectivity index (χ0v) is 15.9. The molecule has 0 radical (unpaired) electrons. The number of rotatable bonds is 5. The number of nitrogens with zero attached hydrogens (tertiary/aromatic N) is 1. The molecule has 156 valence electrons. The first-order chi connectivity index (χ1) is 14.9. The van der Waals surface area contributed by atoms with Gasteiger partial charge in [0, 0.05) is 5.56 Å². The lowest BCUT2D eigenvalue weighted by molar-refractivity contribution is -0.141. The summed E-state index contributed by atoms with van der Waals surface area (Å²) >= 11 is 0. The summed E-state index contributed by atoms with van der Waals surface area (Å²) in [5.74, 6) is 2.36. The van der Waals surface area contributed by atoms with Crippen molar-refractivity contribution in [3.8, 4) is 22.8 Å². The number of nitrogens with one attached hydrogen (secondary N) is 1. The van der Waals surface area contributed by atoms with Crippen molar-refractivity contribution in [1.82, 2.24) is 9.97 Å². The van der Waals surface area contributed by atoms with Crippen molar-refractivity contribution in [3.63, 3.8) is 0 Å². The molecular formula is C23H15F3N2O3. The first-order valence-electron chi connectivity index (χ1n) is 9.17. The summed E-state index contributed by atoms with van der Waals surface area (Å²) in [5, 5.41) is 0. The largest absolute Gasteiger partial charge is 0.457 e. The highest BCUT2D eigenvalue weighted by Crippen LogP contribution is 2.28. The molecule has 0 saturated heterocycles. The summed E-state index contributed by atoms with van der Waals surface area (Å²) in [5.41, 5.74) is -1.57. The van der Waals surface area contributed by atoms with Crippen molar-refractivity contribution in [1.29, 1.82) is 0 Å². The van der Waals surface area contributed by atoms with Gasteiger partial charge in [-0.15, -0.1) is 0 Å². The van der Waals surface area contributed by atoms with Gasteiger partial charge in [-0.2, -0.15) is 18.2 Å². The van der Waals surface area contributed by atoms with Crippen LogP contribution in [0.25, 0.3) is 23.5 Å². The molecule has 0 aliphatic heterocycles. The Morgan fingerprint density at radius 2 is 1.61 bits per heavy atom. The Labute approximate surface area is 174 Å². The number of para-hydroxylation sites is 1. The number of furan rings is 1. The predicted octanol–water partition coefficient (Wildman–Crippen LogP) is 6.01. The molecule has 31 heavy (non-hydrogen) atoms. The molecule has 0 spiro atoms. The predicted molar refractivity (Wildman–Crippen MR) is 109 cm³/mol. The molecule has 0 aliphatic rings. The van der Waals surface area contributed by atoms with Crippen molar-refractivity contribution in [2.75, 3.05) is 0 Å². The maximum Gasteiger partial charge on any atom is 0.431 e. The minimum Gasteiger partial charge on any atom is -0.457 e. The van der Waals surface area contributed by atoms with Gasteiger partial charge in [-0.3, -0.25) is 0 Å². The minimum absolute atomic E-state index is 0.128. The third kappa shape index (κ3) is 5.11. The van der Waals surface area contributed by atoms with Crippen molar-refractivity contribution in [3.05, 3.63) is 100 Å². The van der Waals surface area contributed by atoms with Gasteiger partial charge in [0.25, 0.3) is 0 Å². The van der Waals surface area contributed by atoms with Gasteiger partial charge in [-0.1, -0.05) is 18.2 Å². The van der Waals surface area contributed by atoms with Crippen LogP contribution < -0.4 is 10.4 Å². The number of alkyl halides is 3. The van der Waals surface area contributed by atoms with Crippen LogP contribution in [-0.4, -0.2) is 9.97 Å². The average Bonchev–Trinajstić information content (AvgIpc) is 3.22. The van der Waals surface area contributed by atoms with Gasteiger partial charge >= 0.3 is 11.9 Å². The summed E-state index contributed by atoms with van der Waals surface area (Å²) in [7, 11) is 0. The van der Waals surface area contributed by atoms with E-state index in [2.05, 4.69) is 4.98 Å². The molecule has 0 fully saturated rings. The van der Waals surface area contributed by atoms with E-state index < -0.39 is 17.6 Å². The standard InChI is InChI=1S/C23H15F3N2O3/c24-23(25,26)21-14-16(27-22(29)28-21)8-11-19-12-13-20(31-19)15-6-9-18(10-7-15)30-17-4-2-1-3-5-17/h1-14H,(H,27,28,29). The molecular weight excluding hydrogens is 409 g/mol. The molecule has 8 heteroatoms. The van der Waals surface area contributed by atoms with Crippen LogP contribution in [0, 0.1) is 0 Å². The monoisotopic (exact) mass is 424 g/mol. The second kappa shape index (κ2) is 8.35. The van der Waals surface area contributed by atoms with Gasteiger partial charge in [-0.25, -0.2) is 4.79 Å². The lowest BCUT2D eigenvalue weighted by Gasteiger charge is -2.06. The molecule has 0 aliphatic carbocycles. The van der Waals surface area contributed by atoms with Crippen LogP contribution in [0.3, 0.4) is 0 Å². The van der Waals surface area contributed by atoms with E-state index in [4.69, 9.17) is 9.15 Å². The van der Waals surface area contributed by atoms with Gasteiger partial charge in [0.15, 0.2) is 0 Å². The number of hydrogen-bond donors (Lipinski definition) is 1. The third-order valence-corrected chi connectivity index (χ3v) is 4.23. The van der Waals surface area contributed by atoms with Gasteiger partial charge < -0.3 is 14.1 Å². The Kier molecular flexibility index (Phi) is 5.44. The summed E-state index contributed by atoms with van der Waals surface area (Å²) in [4.78, 5) is 16.6. The Hall–Kier alpha value is -4.07. The van der Waals surface area contributed by atoms with Crippen LogP contribution in [0.4, 0.5) is 13.2 Å². The molecule has 2 heterocycles. The van der Waals surface area contributed by atoms with Gasteiger partial charge in [0.2, 0.25) is 0 Å². The maximum absolute atomic E-state index is 12.8. The van der Waals surface area contributed by atoms with Crippen LogP contribution in [0.15, 0.2) is 82.0 Å². The van der Waals surface area contributed by atoms with Crippen molar-refractivity contribution in [2.45, 2.75) is 6.18 Å². The normalized spacial score (nSPS) is 11.7. The van der Waals surface area contributed by atoms with Crippen molar-refractivity contribution >= 4 is 12.2 Å². The smallest absolute Gasteiger partial charge is 0.431 e. The van der Waals surface area contributed by atoms with Crippen LogP contribution in [0.2, 0.25) is 0 Å². The van der Waals surface area contributed by atoms with Crippen LogP contribution in [-0.2, 0) is 6.18 Å². The molecule has 2 aromatic heterocycles. The maximum atomic E-state index is 12.8. The fourth-order valence-electron chi connectivity index (χ4n) is 2.79. The summed E-state index contributed by atoms with van der Waals surface area (Å²) in [6.07, 6.45) is -1.94. The molecule has 0 saturated carbocycles. The number of ether oxygens (including phenoxy) is 1. The highest BCUT2D eigenvalue weighted by Gasteiger charge is 2.32. The first-order valence-corrected chi connectivity index (χ1v) is 9.17. The van der Waals surface area contributed by atoms with E-state index in [1.54, 1.807) is 29.2 Å². The summed E-state index contributed by atoms with van der Waals surface area (Å²) in [6, 6.07) is 20.8. The SMILES string of the molecule is O=c1nc(C=Cc2ccc(-c3ccc(Oc4ccccc4)cc3)o2)cc(C(F)(F)F)[nH]1. The molecule has 0 amide bonds. The third-order valence-electron chi connectivity index (χ3n) is 4.23. The van der Waals surface area contributed by atoms with Crippen LogP contribution >= 0.6 is 0 Å². The Morgan fingerprint density at radius 1 is 0.903 bits per heavy atom. The highest BCUT2D eigenvalue weighted by molar-refractivity contribution is 5.68. The van der Waals surface area contributed by atoms with E-state index >= 15 is 0 Å². The number of aromatic amines is 1. The minimum atomic E-state index is -4.67. The molecule has 2 aromatic carbocycles. The Balaban J connectivity index is 1.48. The van der Waals surface area contributed by atoms with Gasteiger partial charge in [0.05, 0.1) is 5.69 Å². The van der Waals surface area contributed by atoms with E-state index in [1.807, 2.05) is 42.5 Å². The second-order valence-electron chi connectivity index (χ2n) is 6.50. The van der Waals surface area contributed by atoms with E-state index in [1.165, 1.54) is 12.2 Å². The van der Waals surface area contributed by atoms with Crippen LogP contribution in [0.1, 0.15) is 17.1 Å². The fraction of sp³-hybridized carbons (Fsp3) is 0.0435. The lowest BCUT2D eigenvalue weighted by atomic mass is 10.2. The van der Waals surface area contributed by atoms with E-state index in [9.17, 15) is 18.0 Å². The van der Waals surface area contributed by atoms with E-state index in [-0.39, 0.29) is 5.69 Å².